The van der Waals surface area contributed by atoms with E-state index in [1.165, 1.54) is 10.9 Å². The molecular weight excluding hydrogens is 198 g/mol. The Balaban J connectivity index is 2.52. The lowest BCUT2D eigenvalue weighted by atomic mass is 10.2. The van der Waals surface area contributed by atoms with Gasteiger partial charge in [0.05, 0.1) is 24.3 Å². The summed E-state index contributed by atoms with van der Waals surface area (Å²) in [5, 5.41) is 6.37. The number of nitrogens with zero attached hydrogens (tertiary/aromatic N) is 2. The third kappa shape index (κ3) is 3.39. The molecule has 1 aromatic rings. The maximum absolute atomic E-state index is 11.4. The lowest BCUT2D eigenvalue weighted by Gasteiger charge is -2.08. The number of hydrogen-bond acceptors (Lipinski definition) is 4. The average Bonchev–Trinajstić information content (AvgIpc) is 2.50. The highest BCUT2D eigenvalue weighted by Crippen LogP contribution is 2.04. The molecule has 82 valence electrons. The molecule has 7 heteroatoms. The summed E-state index contributed by atoms with van der Waals surface area (Å²) in [5.74, 6) is -1.06. The van der Waals surface area contributed by atoms with E-state index in [0.29, 0.717) is 5.69 Å². The SMILES string of the molecule is Cn1cc(NC(=O)C(N)CC(N)=O)cn1. The molecule has 1 aromatic heterocycles. The Hall–Kier alpha value is -1.89. The van der Waals surface area contributed by atoms with Gasteiger partial charge in [0, 0.05) is 13.2 Å². The number of nitrogens with two attached hydrogens (primary N) is 2. The Labute approximate surface area is 86.4 Å². The van der Waals surface area contributed by atoms with Crippen LogP contribution in [0.4, 0.5) is 5.69 Å². The van der Waals surface area contributed by atoms with Crippen molar-refractivity contribution in [3.05, 3.63) is 12.4 Å². The highest BCUT2D eigenvalue weighted by molar-refractivity contribution is 5.96. The number of anilines is 1. The second-order valence-corrected chi connectivity index (χ2v) is 3.17. The Morgan fingerprint density at radius 3 is 2.80 bits per heavy atom. The number of aromatic nitrogens is 2. The van der Waals surface area contributed by atoms with Crippen molar-refractivity contribution < 1.29 is 9.59 Å². The number of carbonyl (C=O) groups excluding carboxylic acids is 2. The summed E-state index contributed by atoms with van der Waals surface area (Å²) < 4.78 is 1.54. The van der Waals surface area contributed by atoms with E-state index in [1.807, 2.05) is 0 Å². The Kier molecular flexibility index (Phi) is 3.40. The highest BCUT2D eigenvalue weighted by Gasteiger charge is 2.16. The molecule has 5 N–H and O–H groups in total. The van der Waals surface area contributed by atoms with Crippen molar-refractivity contribution in [1.29, 1.82) is 0 Å². The van der Waals surface area contributed by atoms with Crippen LogP contribution in [0.5, 0.6) is 0 Å². The van der Waals surface area contributed by atoms with E-state index in [9.17, 15) is 9.59 Å². The van der Waals surface area contributed by atoms with E-state index in [2.05, 4.69) is 10.4 Å². The van der Waals surface area contributed by atoms with Gasteiger partial charge >= 0.3 is 0 Å². The molecule has 0 aliphatic heterocycles. The second-order valence-electron chi connectivity index (χ2n) is 3.17. The van der Waals surface area contributed by atoms with Crippen LogP contribution in [0.15, 0.2) is 12.4 Å². The predicted octanol–water partition coefficient (Wildman–Crippen LogP) is -1.44. The molecule has 1 rings (SSSR count). The summed E-state index contributed by atoms with van der Waals surface area (Å²) in [6.07, 6.45) is 2.93. The van der Waals surface area contributed by atoms with Crippen molar-refractivity contribution in [3.8, 4) is 0 Å². The Morgan fingerprint density at radius 2 is 2.33 bits per heavy atom. The first-order chi connectivity index (χ1) is 6.99. The van der Waals surface area contributed by atoms with Crippen molar-refractivity contribution in [1.82, 2.24) is 9.78 Å². The fourth-order valence-corrected chi connectivity index (χ4v) is 1.03. The van der Waals surface area contributed by atoms with Gasteiger partial charge in [-0.2, -0.15) is 5.10 Å². The van der Waals surface area contributed by atoms with Crippen LogP contribution in [0.25, 0.3) is 0 Å². The Bertz CT molecular complexity index is 373. The topological polar surface area (TPSA) is 116 Å². The number of nitrogens with one attached hydrogen (secondary N) is 1. The zero-order valence-corrected chi connectivity index (χ0v) is 8.30. The van der Waals surface area contributed by atoms with Gasteiger partial charge in [0.25, 0.3) is 0 Å². The third-order valence-electron chi connectivity index (χ3n) is 1.73. The summed E-state index contributed by atoms with van der Waals surface area (Å²) in [6.45, 7) is 0. The summed E-state index contributed by atoms with van der Waals surface area (Å²) in [5.41, 5.74) is 10.9. The van der Waals surface area contributed by atoms with E-state index >= 15 is 0 Å². The van der Waals surface area contributed by atoms with Crippen LogP contribution in [0.3, 0.4) is 0 Å². The minimum atomic E-state index is -0.928. The Morgan fingerprint density at radius 1 is 1.67 bits per heavy atom. The molecule has 0 saturated carbocycles. The van der Waals surface area contributed by atoms with Crippen LogP contribution >= 0.6 is 0 Å². The maximum Gasteiger partial charge on any atom is 0.241 e. The van der Waals surface area contributed by atoms with Crippen molar-refractivity contribution in [2.75, 3.05) is 5.32 Å². The van der Waals surface area contributed by atoms with Gasteiger partial charge in [0.1, 0.15) is 0 Å². The zero-order valence-electron chi connectivity index (χ0n) is 8.30. The average molecular weight is 211 g/mol. The van der Waals surface area contributed by atoms with Crippen LogP contribution < -0.4 is 16.8 Å². The monoisotopic (exact) mass is 211 g/mol. The van der Waals surface area contributed by atoms with Crippen LogP contribution in [0.2, 0.25) is 0 Å². The van der Waals surface area contributed by atoms with E-state index in [1.54, 1.807) is 13.2 Å². The van der Waals surface area contributed by atoms with E-state index in [-0.39, 0.29) is 6.42 Å². The molecule has 1 atom stereocenters. The minimum Gasteiger partial charge on any atom is -0.370 e. The van der Waals surface area contributed by atoms with Gasteiger partial charge in [-0.1, -0.05) is 0 Å². The fraction of sp³-hybridized carbons (Fsp3) is 0.375. The number of carbonyl (C=O) groups is 2. The van der Waals surface area contributed by atoms with Crippen LogP contribution in [-0.4, -0.2) is 27.6 Å². The number of rotatable bonds is 4. The van der Waals surface area contributed by atoms with Gasteiger partial charge in [0.2, 0.25) is 11.8 Å². The zero-order chi connectivity index (χ0) is 11.4. The molecular formula is C8H13N5O2. The van der Waals surface area contributed by atoms with Gasteiger partial charge in [-0.3, -0.25) is 14.3 Å². The molecule has 1 heterocycles. The molecule has 0 fully saturated rings. The first kappa shape index (κ1) is 11.2. The third-order valence-corrected chi connectivity index (χ3v) is 1.73. The molecule has 0 spiro atoms. The van der Waals surface area contributed by atoms with Crippen LogP contribution in [0.1, 0.15) is 6.42 Å². The summed E-state index contributed by atoms with van der Waals surface area (Å²) in [6, 6.07) is -0.928. The van der Waals surface area contributed by atoms with Gasteiger partial charge < -0.3 is 16.8 Å². The number of primary amides is 1. The van der Waals surface area contributed by atoms with Gasteiger partial charge in [-0.25, -0.2) is 0 Å². The molecule has 15 heavy (non-hydrogen) atoms. The summed E-state index contributed by atoms with van der Waals surface area (Å²) in [7, 11) is 1.72. The lowest BCUT2D eigenvalue weighted by molar-refractivity contribution is -0.123. The van der Waals surface area contributed by atoms with Crippen molar-refractivity contribution in [3.63, 3.8) is 0 Å². The van der Waals surface area contributed by atoms with Crippen LogP contribution in [0, 0.1) is 0 Å². The van der Waals surface area contributed by atoms with E-state index in [4.69, 9.17) is 11.5 Å². The van der Waals surface area contributed by atoms with Gasteiger partial charge in [-0.15, -0.1) is 0 Å². The molecule has 0 aliphatic rings. The molecule has 0 aromatic carbocycles. The minimum absolute atomic E-state index is 0.175. The fourth-order valence-electron chi connectivity index (χ4n) is 1.03. The van der Waals surface area contributed by atoms with Crippen molar-refractivity contribution >= 4 is 17.5 Å². The lowest BCUT2D eigenvalue weighted by Crippen LogP contribution is -2.38. The van der Waals surface area contributed by atoms with Gasteiger partial charge in [0.15, 0.2) is 0 Å². The van der Waals surface area contributed by atoms with Gasteiger partial charge in [-0.05, 0) is 0 Å². The molecule has 1 unspecified atom stereocenters. The molecule has 2 amide bonds. The molecule has 7 nitrogen and oxygen atoms in total. The largest absolute Gasteiger partial charge is 0.370 e. The number of hydrogen-bond donors (Lipinski definition) is 3. The maximum atomic E-state index is 11.4. The molecule has 0 aliphatic carbocycles. The number of amides is 2. The van der Waals surface area contributed by atoms with E-state index < -0.39 is 17.9 Å². The van der Waals surface area contributed by atoms with Crippen molar-refractivity contribution in [2.45, 2.75) is 12.5 Å². The predicted molar refractivity (Wildman–Crippen MR) is 53.6 cm³/mol. The van der Waals surface area contributed by atoms with Crippen LogP contribution in [-0.2, 0) is 16.6 Å². The van der Waals surface area contributed by atoms with Crippen molar-refractivity contribution in [2.24, 2.45) is 18.5 Å². The smallest absolute Gasteiger partial charge is 0.241 e. The molecule has 0 bridgehead atoms. The van der Waals surface area contributed by atoms with E-state index in [0.717, 1.165) is 0 Å². The number of aryl methyl sites for hydroxylation is 1. The standard InChI is InChI=1S/C8H13N5O2/c1-13-4-5(3-11-13)12-8(15)6(9)2-7(10)14/h3-4,6H,2,9H2,1H3,(H2,10,14)(H,12,15). The summed E-state index contributed by atoms with van der Waals surface area (Å²) >= 11 is 0. The molecule has 0 radical (unpaired) electrons. The molecule has 0 saturated heterocycles. The highest BCUT2D eigenvalue weighted by atomic mass is 16.2. The second kappa shape index (κ2) is 4.56. The first-order valence-electron chi connectivity index (χ1n) is 4.32. The quantitative estimate of drug-likeness (QED) is 0.565. The first-order valence-corrected chi connectivity index (χ1v) is 4.32. The summed E-state index contributed by atoms with van der Waals surface area (Å²) in [4.78, 5) is 21.9. The normalized spacial score (nSPS) is 12.1.